The monoisotopic (exact) mass is 445 g/mol. The molecule has 4 bridgehead atoms. The maximum absolute atomic E-state index is 12.6. The van der Waals surface area contributed by atoms with Gasteiger partial charge in [0.1, 0.15) is 11.5 Å². The Bertz CT molecular complexity index is 994. The van der Waals surface area contributed by atoms with Gasteiger partial charge in [-0.1, -0.05) is 0 Å². The van der Waals surface area contributed by atoms with Gasteiger partial charge in [0.05, 0.1) is 11.9 Å². The highest BCUT2D eigenvalue weighted by molar-refractivity contribution is 7.92. The molecule has 0 aliphatic heterocycles. The number of nitrogens with one attached hydrogen (secondary N) is 1. The largest absolute Gasteiger partial charge is 0.497 e. The molecule has 4 saturated carbocycles. The molecule has 31 heavy (non-hydrogen) atoms. The van der Waals surface area contributed by atoms with E-state index in [1.54, 1.807) is 7.11 Å². The third-order valence-electron chi connectivity index (χ3n) is 7.47. The van der Waals surface area contributed by atoms with Crippen molar-refractivity contribution in [2.24, 2.45) is 22.7 Å². The van der Waals surface area contributed by atoms with Crippen LogP contribution in [0.3, 0.4) is 0 Å². The van der Waals surface area contributed by atoms with E-state index < -0.39 is 20.2 Å². The van der Waals surface area contributed by atoms with Crippen molar-refractivity contribution in [3.63, 3.8) is 0 Å². The van der Waals surface area contributed by atoms with Crippen molar-refractivity contribution >= 4 is 15.7 Å². The maximum Gasteiger partial charge on any atom is 0.207 e. The normalized spacial score (nSPS) is 32.4. The minimum atomic E-state index is -3.10. The van der Waals surface area contributed by atoms with Crippen molar-refractivity contribution in [3.05, 3.63) is 24.3 Å². The second kappa shape index (κ2) is 7.70. The summed E-state index contributed by atoms with van der Waals surface area (Å²) in [6.07, 6.45) is 7.56. The SMILES string of the molecule is COc1ccc(OC(C)(C)/C(=N\C#N)NC2C3CC4CC2CC(S(C)(=O)=O)(C4)C3)cc1. The molecule has 2 unspecified atom stereocenters. The first kappa shape index (κ1) is 21.9. The van der Waals surface area contributed by atoms with Crippen LogP contribution < -0.4 is 14.8 Å². The summed E-state index contributed by atoms with van der Waals surface area (Å²) in [5.41, 5.74) is -0.854. The van der Waals surface area contributed by atoms with Crippen LogP contribution in [0.1, 0.15) is 46.0 Å². The van der Waals surface area contributed by atoms with Crippen LogP contribution in [0.5, 0.6) is 11.5 Å². The number of aliphatic imine (C=N–C) groups is 1. The molecule has 1 N–H and O–H groups in total. The zero-order valence-electron chi connectivity index (χ0n) is 18.6. The lowest BCUT2D eigenvalue weighted by Crippen LogP contribution is -2.65. The Labute approximate surface area is 184 Å². The van der Waals surface area contributed by atoms with Gasteiger partial charge in [-0.15, -0.1) is 0 Å². The van der Waals surface area contributed by atoms with Crippen molar-refractivity contribution in [2.45, 2.75) is 62.3 Å². The number of benzene rings is 1. The van der Waals surface area contributed by atoms with E-state index in [1.807, 2.05) is 44.3 Å². The van der Waals surface area contributed by atoms with E-state index in [0.717, 1.165) is 25.0 Å². The van der Waals surface area contributed by atoms with Crippen molar-refractivity contribution in [1.82, 2.24) is 5.32 Å². The Morgan fingerprint density at radius 1 is 1.16 bits per heavy atom. The molecule has 5 rings (SSSR count). The van der Waals surface area contributed by atoms with Gasteiger partial charge in [-0.3, -0.25) is 0 Å². The summed E-state index contributed by atoms with van der Waals surface area (Å²) >= 11 is 0. The Morgan fingerprint density at radius 2 is 1.74 bits per heavy atom. The van der Waals surface area contributed by atoms with Gasteiger partial charge in [0, 0.05) is 12.3 Å². The quantitative estimate of drug-likeness (QED) is 0.410. The number of sulfone groups is 1. The molecule has 0 saturated heterocycles. The highest BCUT2D eigenvalue weighted by Gasteiger charge is 2.60. The third kappa shape index (κ3) is 4.00. The topological polar surface area (TPSA) is 101 Å². The van der Waals surface area contributed by atoms with Gasteiger partial charge >= 0.3 is 0 Å². The summed E-state index contributed by atoms with van der Waals surface area (Å²) in [5.74, 6) is 2.88. The summed E-state index contributed by atoms with van der Waals surface area (Å²) in [6, 6.07) is 7.40. The van der Waals surface area contributed by atoms with Gasteiger partial charge in [0.15, 0.2) is 21.3 Å². The highest BCUT2D eigenvalue weighted by Crippen LogP contribution is 2.58. The maximum atomic E-state index is 12.6. The molecule has 1 aromatic rings. The zero-order valence-corrected chi connectivity index (χ0v) is 19.4. The van der Waals surface area contributed by atoms with Crippen LogP contribution in [0.2, 0.25) is 0 Å². The summed E-state index contributed by atoms with van der Waals surface area (Å²) in [7, 11) is -1.49. The van der Waals surface area contributed by atoms with Crippen molar-refractivity contribution in [3.8, 4) is 17.7 Å². The Kier molecular flexibility index (Phi) is 5.45. The van der Waals surface area contributed by atoms with E-state index in [9.17, 15) is 13.7 Å². The third-order valence-corrected chi connectivity index (χ3v) is 9.54. The molecule has 2 atom stereocenters. The Hall–Kier alpha value is -2.27. The number of ether oxygens (including phenoxy) is 2. The van der Waals surface area contributed by atoms with Crippen LogP contribution in [-0.2, 0) is 9.84 Å². The highest BCUT2D eigenvalue weighted by atomic mass is 32.2. The molecule has 8 heteroatoms. The molecule has 4 aliphatic rings. The van der Waals surface area contributed by atoms with Crippen molar-refractivity contribution < 1.29 is 17.9 Å². The predicted molar refractivity (Wildman–Crippen MR) is 119 cm³/mol. The fourth-order valence-corrected chi connectivity index (χ4v) is 7.75. The van der Waals surface area contributed by atoms with E-state index in [2.05, 4.69) is 10.3 Å². The first-order valence-corrected chi connectivity index (χ1v) is 12.7. The van der Waals surface area contributed by atoms with Crippen LogP contribution in [0.25, 0.3) is 0 Å². The number of hydrogen-bond donors (Lipinski definition) is 1. The number of methoxy groups -OCH3 is 1. The number of rotatable bonds is 6. The zero-order chi connectivity index (χ0) is 22.4. The van der Waals surface area contributed by atoms with Crippen LogP contribution in [0, 0.1) is 29.2 Å². The Balaban J connectivity index is 1.54. The summed E-state index contributed by atoms with van der Waals surface area (Å²) < 4.78 is 36.0. The molecule has 0 radical (unpaired) electrons. The molecule has 1 aromatic carbocycles. The van der Waals surface area contributed by atoms with E-state index in [4.69, 9.17) is 9.47 Å². The van der Waals surface area contributed by atoms with Gasteiger partial charge in [0.25, 0.3) is 0 Å². The lowest BCUT2D eigenvalue weighted by Gasteiger charge is -2.59. The average molecular weight is 446 g/mol. The standard InChI is InChI=1S/C23H31N3O4S/c1-22(2,30-19-7-5-18(29-3)6-8-19)21(25-14-24)26-20-16-9-15-10-17(20)13-23(11-15,12-16)31(4,27)28/h5-8,15-17,20H,9-13H2,1-4H3,(H,25,26). The van der Waals surface area contributed by atoms with Gasteiger partial charge in [0.2, 0.25) is 6.19 Å². The van der Waals surface area contributed by atoms with E-state index in [0.29, 0.717) is 30.3 Å². The lowest BCUT2D eigenvalue weighted by molar-refractivity contribution is 0.00460. The first-order chi connectivity index (χ1) is 14.6. The van der Waals surface area contributed by atoms with E-state index in [1.165, 1.54) is 6.26 Å². The number of nitriles is 1. The van der Waals surface area contributed by atoms with Crippen LogP contribution >= 0.6 is 0 Å². The average Bonchev–Trinajstić information content (AvgIpc) is 2.69. The summed E-state index contributed by atoms with van der Waals surface area (Å²) in [5, 5.41) is 12.9. The number of nitrogens with zero attached hydrogens (tertiary/aromatic N) is 2. The first-order valence-electron chi connectivity index (χ1n) is 10.8. The minimum Gasteiger partial charge on any atom is -0.497 e. The molecule has 168 valence electrons. The lowest BCUT2D eigenvalue weighted by atomic mass is 9.53. The number of hydrogen-bond acceptors (Lipinski definition) is 6. The van der Waals surface area contributed by atoms with Crippen LogP contribution in [0.4, 0.5) is 0 Å². The minimum absolute atomic E-state index is 0.109. The van der Waals surface area contributed by atoms with E-state index in [-0.39, 0.29) is 17.9 Å². The van der Waals surface area contributed by atoms with Gasteiger partial charge < -0.3 is 14.8 Å². The molecule has 0 heterocycles. The van der Waals surface area contributed by atoms with Crippen LogP contribution in [0.15, 0.2) is 29.3 Å². The summed E-state index contributed by atoms with van der Waals surface area (Å²) in [4.78, 5) is 4.09. The van der Waals surface area contributed by atoms with Crippen LogP contribution in [-0.4, -0.2) is 44.0 Å². The molecule has 0 aromatic heterocycles. The molecular formula is C23H31N3O4S. The van der Waals surface area contributed by atoms with E-state index >= 15 is 0 Å². The molecule has 4 aliphatic carbocycles. The van der Waals surface area contributed by atoms with Crippen molar-refractivity contribution in [1.29, 1.82) is 5.26 Å². The fraction of sp³-hybridized carbons (Fsp3) is 0.652. The molecule has 0 amide bonds. The molecule has 4 fully saturated rings. The fourth-order valence-electron chi connectivity index (χ4n) is 6.17. The Morgan fingerprint density at radius 3 is 2.26 bits per heavy atom. The second-order valence-corrected chi connectivity index (χ2v) is 12.4. The smallest absolute Gasteiger partial charge is 0.207 e. The molecular weight excluding hydrogens is 414 g/mol. The summed E-state index contributed by atoms with van der Waals surface area (Å²) in [6.45, 7) is 3.77. The van der Waals surface area contributed by atoms with Gasteiger partial charge in [-0.05, 0) is 88.0 Å². The van der Waals surface area contributed by atoms with Gasteiger partial charge in [-0.25, -0.2) is 8.42 Å². The predicted octanol–water partition coefficient (Wildman–Crippen LogP) is 3.31. The molecule has 0 spiro atoms. The number of amidine groups is 1. The van der Waals surface area contributed by atoms with Crippen molar-refractivity contribution in [2.75, 3.05) is 13.4 Å². The van der Waals surface area contributed by atoms with Gasteiger partial charge in [-0.2, -0.15) is 10.3 Å². The second-order valence-electron chi connectivity index (χ2n) is 9.94. The molecule has 7 nitrogen and oxygen atoms in total.